The summed E-state index contributed by atoms with van der Waals surface area (Å²) in [6.45, 7) is 4.69. The third kappa shape index (κ3) is 5.79. The first-order chi connectivity index (χ1) is 13.6. The number of carbonyl (C=O) groups is 1. The number of aromatic nitrogens is 1. The van der Waals surface area contributed by atoms with E-state index < -0.39 is 0 Å². The fraction of sp³-hybridized carbons (Fsp3) is 0.217. The number of allylic oxidation sites excluding steroid dienone is 1. The number of nitrogens with zero attached hydrogens (tertiary/aromatic N) is 1. The number of hydrogen-bond acceptors (Lipinski definition) is 5. The lowest BCUT2D eigenvalue weighted by Crippen LogP contribution is -2.02. The lowest BCUT2D eigenvalue weighted by molar-refractivity contribution is -0.137. The molecule has 3 aromatic rings. The van der Waals surface area contributed by atoms with E-state index in [4.69, 9.17) is 9.47 Å². The second kappa shape index (κ2) is 9.85. The van der Waals surface area contributed by atoms with Crippen LogP contribution in [0.1, 0.15) is 27.9 Å². The summed E-state index contributed by atoms with van der Waals surface area (Å²) in [5, 5.41) is 0.843. The van der Waals surface area contributed by atoms with E-state index >= 15 is 0 Å². The SMILES string of the molecule is CCOC(=O)C=C(Cc1ccc(OCc2ccccc2)cc1)c1ncc(C)s1. The topological polar surface area (TPSA) is 48.4 Å². The van der Waals surface area contributed by atoms with Crippen molar-refractivity contribution in [2.24, 2.45) is 0 Å². The van der Waals surface area contributed by atoms with Crippen molar-refractivity contribution >= 4 is 22.9 Å². The van der Waals surface area contributed by atoms with E-state index in [0.717, 1.165) is 32.3 Å². The van der Waals surface area contributed by atoms with Crippen molar-refractivity contribution in [3.05, 3.63) is 87.9 Å². The zero-order chi connectivity index (χ0) is 19.8. The van der Waals surface area contributed by atoms with Crippen LogP contribution in [0, 0.1) is 6.92 Å². The Morgan fingerprint density at radius 1 is 1.07 bits per heavy atom. The van der Waals surface area contributed by atoms with E-state index in [2.05, 4.69) is 4.98 Å². The Labute approximate surface area is 169 Å². The van der Waals surface area contributed by atoms with Crippen LogP contribution in [0.3, 0.4) is 0 Å². The average molecular weight is 394 g/mol. The van der Waals surface area contributed by atoms with Gasteiger partial charge in [-0.15, -0.1) is 11.3 Å². The number of esters is 1. The van der Waals surface area contributed by atoms with Gasteiger partial charge in [-0.1, -0.05) is 42.5 Å². The lowest BCUT2D eigenvalue weighted by atomic mass is 10.1. The molecule has 0 atom stereocenters. The van der Waals surface area contributed by atoms with Crippen LogP contribution in [0.4, 0.5) is 0 Å². The summed E-state index contributed by atoms with van der Waals surface area (Å²) >= 11 is 1.57. The highest BCUT2D eigenvalue weighted by Gasteiger charge is 2.11. The molecule has 0 N–H and O–H groups in total. The molecule has 0 aliphatic rings. The standard InChI is InChI=1S/C23H23NO3S/c1-3-26-22(25)14-20(23-24-15-17(2)28-23)13-18-9-11-21(12-10-18)27-16-19-7-5-4-6-8-19/h4-12,14-15H,3,13,16H2,1-2H3. The number of rotatable bonds is 8. The van der Waals surface area contributed by atoms with Crippen molar-refractivity contribution in [2.75, 3.05) is 6.61 Å². The summed E-state index contributed by atoms with van der Waals surface area (Å²) in [5.41, 5.74) is 3.07. The Hall–Kier alpha value is -2.92. The minimum absolute atomic E-state index is 0.340. The molecule has 2 aromatic carbocycles. The number of aryl methyl sites for hydroxylation is 1. The Morgan fingerprint density at radius 3 is 2.46 bits per heavy atom. The van der Waals surface area contributed by atoms with Crippen molar-refractivity contribution in [3.63, 3.8) is 0 Å². The van der Waals surface area contributed by atoms with E-state index in [1.807, 2.05) is 67.7 Å². The van der Waals surface area contributed by atoms with Gasteiger partial charge in [-0.05, 0) is 42.7 Å². The molecule has 0 amide bonds. The highest BCUT2D eigenvalue weighted by Crippen LogP contribution is 2.25. The molecule has 0 saturated carbocycles. The van der Waals surface area contributed by atoms with Crippen LogP contribution in [0.15, 0.2) is 66.9 Å². The number of benzene rings is 2. The maximum atomic E-state index is 12.0. The second-order valence-electron chi connectivity index (χ2n) is 6.29. The van der Waals surface area contributed by atoms with Gasteiger partial charge in [-0.2, -0.15) is 0 Å². The van der Waals surface area contributed by atoms with Crippen molar-refractivity contribution in [3.8, 4) is 5.75 Å². The predicted octanol–water partition coefficient (Wildman–Crippen LogP) is 5.22. The van der Waals surface area contributed by atoms with Crippen LogP contribution < -0.4 is 4.74 Å². The predicted molar refractivity (Wildman–Crippen MR) is 112 cm³/mol. The van der Waals surface area contributed by atoms with Gasteiger partial charge in [-0.25, -0.2) is 9.78 Å². The van der Waals surface area contributed by atoms with Crippen LogP contribution in [0.25, 0.3) is 5.57 Å². The zero-order valence-corrected chi connectivity index (χ0v) is 16.9. The molecule has 0 spiro atoms. The molecular formula is C23H23NO3S. The fourth-order valence-electron chi connectivity index (χ4n) is 2.68. The van der Waals surface area contributed by atoms with Gasteiger partial charge < -0.3 is 9.47 Å². The summed E-state index contributed by atoms with van der Waals surface area (Å²) in [5.74, 6) is 0.474. The highest BCUT2D eigenvalue weighted by molar-refractivity contribution is 7.12. The number of hydrogen-bond donors (Lipinski definition) is 0. The van der Waals surface area contributed by atoms with Crippen LogP contribution >= 0.6 is 11.3 Å². The van der Waals surface area contributed by atoms with Gasteiger partial charge in [0.25, 0.3) is 0 Å². The van der Waals surface area contributed by atoms with Crippen LogP contribution in [-0.4, -0.2) is 17.6 Å². The largest absolute Gasteiger partial charge is 0.489 e. The van der Waals surface area contributed by atoms with Gasteiger partial charge in [0, 0.05) is 23.6 Å². The molecule has 1 heterocycles. The molecule has 0 bridgehead atoms. The maximum Gasteiger partial charge on any atom is 0.331 e. The minimum atomic E-state index is -0.340. The highest BCUT2D eigenvalue weighted by atomic mass is 32.1. The zero-order valence-electron chi connectivity index (χ0n) is 16.1. The molecule has 4 nitrogen and oxygen atoms in total. The van der Waals surface area contributed by atoms with E-state index in [1.165, 1.54) is 0 Å². The van der Waals surface area contributed by atoms with Crippen LogP contribution in [0.5, 0.6) is 5.75 Å². The first kappa shape index (κ1) is 19.8. The van der Waals surface area contributed by atoms with E-state index in [9.17, 15) is 4.79 Å². The minimum Gasteiger partial charge on any atom is -0.489 e. The van der Waals surface area contributed by atoms with E-state index in [1.54, 1.807) is 24.3 Å². The third-order valence-electron chi connectivity index (χ3n) is 4.04. The molecular weight excluding hydrogens is 370 g/mol. The van der Waals surface area contributed by atoms with Gasteiger partial charge in [0.15, 0.2) is 0 Å². The molecule has 0 fully saturated rings. The van der Waals surface area contributed by atoms with E-state index in [-0.39, 0.29) is 5.97 Å². The molecule has 0 unspecified atom stereocenters. The van der Waals surface area contributed by atoms with Gasteiger partial charge >= 0.3 is 5.97 Å². The maximum absolute atomic E-state index is 12.0. The Morgan fingerprint density at radius 2 is 1.82 bits per heavy atom. The summed E-state index contributed by atoms with van der Waals surface area (Å²) < 4.78 is 10.9. The van der Waals surface area contributed by atoms with Crippen LogP contribution in [-0.2, 0) is 22.6 Å². The first-order valence-electron chi connectivity index (χ1n) is 9.20. The Balaban J connectivity index is 1.69. The fourth-order valence-corrected chi connectivity index (χ4v) is 3.46. The lowest BCUT2D eigenvalue weighted by Gasteiger charge is -2.09. The Bertz CT molecular complexity index is 930. The molecule has 0 aliphatic heterocycles. The molecule has 1 aromatic heterocycles. The smallest absolute Gasteiger partial charge is 0.331 e. The molecule has 144 valence electrons. The van der Waals surface area contributed by atoms with Crippen molar-refractivity contribution in [1.82, 2.24) is 4.98 Å². The van der Waals surface area contributed by atoms with Gasteiger partial charge in [-0.3, -0.25) is 0 Å². The summed E-state index contributed by atoms with van der Waals surface area (Å²) in [7, 11) is 0. The third-order valence-corrected chi connectivity index (χ3v) is 5.03. The van der Waals surface area contributed by atoms with Gasteiger partial charge in [0.05, 0.1) is 6.61 Å². The number of carbonyl (C=O) groups excluding carboxylic acids is 1. The number of thiazole rings is 1. The average Bonchev–Trinajstić information content (AvgIpc) is 3.14. The van der Waals surface area contributed by atoms with Gasteiger partial charge in [0.1, 0.15) is 17.4 Å². The van der Waals surface area contributed by atoms with Crippen molar-refractivity contribution in [1.29, 1.82) is 0 Å². The molecule has 0 radical (unpaired) electrons. The second-order valence-corrected chi connectivity index (χ2v) is 7.53. The molecule has 3 rings (SSSR count). The quantitative estimate of drug-likeness (QED) is 0.389. The monoisotopic (exact) mass is 393 g/mol. The van der Waals surface area contributed by atoms with E-state index in [0.29, 0.717) is 19.6 Å². The Kier molecular flexibility index (Phi) is 6.98. The first-order valence-corrected chi connectivity index (χ1v) is 10.0. The van der Waals surface area contributed by atoms with Gasteiger partial charge in [0.2, 0.25) is 0 Å². The molecule has 5 heteroatoms. The van der Waals surface area contributed by atoms with Crippen molar-refractivity contribution < 1.29 is 14.3 Å². The van der Waals surface area contributed by atoms with Crippen LogP contribution in [0.2, 0.25) is 0 Å². The molecule has 0 aliphatic carbocycles. The molecule has 28 heavy (non-hydrogen) atoms. The summed E-state index contributed by atoms with van der Waals surface area (Å²) in [4.78, 5) is 17.5. The summed E-state index contributed by atoms with van der Waals surface area (Å²) in [6, 6.07) is 18.0. The summed E-state index contributed by atoms with van der Waals surface area (Å²) in [6.07, 6.45) is 3.96. The molecule has 0 saturated heterocycles. The normalized spacial score (nSPS) is 11.3. The number of ether oxygens (including phenoxy) is 2. The van der Waals surface area contributed by atoms with Crippen molar-refractivity contribution in [2.45, 2.75) is 26.9 Å².